The molecule has 0 fully saturated rings. The van der Waals surface area contributed by atoms with Gasteiger partial charge in [-0.2, -0.15) is 0 Å². The molecule has 1 rings (SSSR count). The van der Waals surface area contributed by atoms with Crippen LogP contribution in [0.25, 0.3) is 0 Å². The van der Waals surface area contributed by atoms with Gasteiger partial charge in [0.1, 0.15) is 5.75 Å². The van der Waals surface area contributed by atoms with Gasteiger partial charge in [-0.25, -0.2) is 8.42 Å². The van der Waals surface area contributed by atoms with Gasteiger partial charge in [0.2, 0.25) is 0 Å². The quantitative estimate of drug-likeness (QED) is 0.718. The van der Waals surface area contributed by atoms with Crippen molar-refractivity contribution in [3.8, 4) is 5.75 Å². The van der Waals surface area contributed by atoms with Crippen molar-refractivity contribution in [3.05, 3.63) is 24.3 Å². The van der Waals surface area contributed by atoms with Crippen LogP contribution in [0.3, 0.4) is 0 Å². The molecular weight excluding hydrogens is 190 g/mol. The molecule has 0 aliphatic heterocycles. The minimum absolute atomic E-state index is 0.177. The Labute approximate surface area is 77.6 Å². The molecule has 0 N–H and O–H groups in total. The predicted molar refractivity (Wildman–Crippen MR) is 48.2 cm³/mol. The molecule has 0 aliphatic carbocycles. The van der Waals surface area contributed by atoms with Crippen LogP contribution in [0.15, 0.2) is 29.2 Å². The smallest absolute Gasteiger partial charge is 0.256 e. The first kappa shape index (κ1) is 10.0. The van der Waals surface area contributed by atoms with Gasteiger partial charge >= 0.3 is 0 Å². The molecule has 0 unspecified atom stereocenters. The molecule has 0 spiro atoms. The fraction of sp³-hybridized carbons (Fsp3) is 0.250. The first-order chi connectivity index (χ1) is 6.10. The van der Waals surface area contributed by atoms with Gasteiger partial charge in [-0.1, -0.05) is 0 Å². The zero-order chi connectivity index (χ0) is 9.90. The van der Waals surface area contributed by atoms with Crippen molar-refractivity contribution < 1.29 is 13.2 Å². The molecule has 71 valence electrons. The molecule has 0 aromatic heterocycles. The lowest BCUT2D eigenvalue weighted by Gasteiger charge is -2.01. The fourth-order valence-electron chi connectivity index (χ4n) is 0.853. The number of hydrogen-bond donors (Lipinski definition) is 0. The summed E-state index contributed by atoms with van der Waals surface area (Å²) in [7, 11) is -0.683. The zero-order valence-electron chi connectivity index (χ0n) is 7.39. The Morgan fingerprint density at radius 2 is 1.77 bits per heavy atom. The lowest BCUT2D eigenvalue weighted by Crippen LogP contribution is -2.11. The summed E-state index contributed by atoms with van der Waals surface area (Å²) in [6.07, 6.45) is 0. The molecule has 0 atom stereocenters. The Morgan fingerprint density at radius 1 is 1.23 bits per heavy atom. The lowest BCUT2D eigenvalue weighted by molar-refractivity contribution is 0.414. The van der Waals surface area contributed by atoms with Gasteiger partial charge in [-0.15, -0.1) is 4.72 Å². The molecule has 0 bridgehead atoms. The molecule has 0 aliphatic rings. The second-order valence-corrected chi connectivity index (χ2v) is 4.12. The lowest BCUT2D eigenvalue weighted by atomic mass is 10.3. The minimum Gasteiger partial charge on any atom is -0.497 e. The number of methoxy groups -OCH3 is 1. The molecule has 1 aromatic carbocycles. The Kier molecular flexibility index (Phi) is 2.90. The van der Waals surface area contributed by atoms with E-state index in [1.165, 1.54) is 26.3 Å². The van der Waals surface area contributed by atoms with Gasteiger partial charge < -0.3 is 4.74 Å². The van der Waals surface area contributed by atoms with E-state index in [4.69, 9.17) is 4.74 Å². The van der Waals surface area contributed by atoms with Crippen molar-refractivity contribution >= 4 is 10.0 Å². The van der Waals surface area contributed by atoms with E-state index < -0.39 is 10.0 Å². The average molecular weight is 200 g/mol. The third-order valence-corrected chi connectivity index (χ3v) is 2.95. The van der Waals surface area contributed by atoms with Crippen molar-refractivity contribution in [1.29, 1.82) is 0 Å². The largest absolute Gasteiger partial charge is 0.497 e. The van der Waals surface area contributed by atoms with Crippen LogP contribution in [0, 0.1) is 0 Å². The van der Waals surface area contributed by atoms with E-state index in [0.29, 0.717) is 5.75 Å². The second kappa shape index (κ2) is 3.76. The molecule has 0 saturated carbocycles. The van der Waals surface area contributed by atoms with E-state index >= 15 is 0 Å². The zero-order valence-corrected chi connectivity index (χ0v) is 8.21. The van der Waals surface area contributed by atoms with E-state index in [0.717, 1.165) is 0 Å². The highest BCUT2D eigenvalue weighted by Crippen LogP contribution is 2.15. The Balaban J connectivity index is 3.06. The number of ether oxygens (including phenoxy) is 1. The Morgan fingerprint density at radius 3 is 2.15 bits per heavy atom. The van der Waals surface area contributed by atoms with Crippen LogP contribution in [-0.4, -0.2) is 22.6 Å². The molecule has 1 radical (unpaired) electrons. The van der Waals surface area contributed by atoms with Gasteiger partial charge in [-0.3, -0.25) is 0 Å². The van der Waals surface area contributed by atoms with Crippen molar-refractivity contribution in [2.45, 2.75) is 4.90 Å². The van der Waals surface area contributed by atoms with Crippen molar-refractivity contribution in [2.75, 3.05) is 14.2 Å². The maximum atomic E-state index is 11.2. The molecule has 13 heavy (non-hydrogen) atoms. The summed E-state index contributed by atoms with van der Waals surface area (Å²) in [5, 5.41) is 0. The third kappa shape index (κ3) is 2.19. The van der Waals surface area contributed by atoms with E-state index in [1.54, 1.807) is 12.1 Å². The minimum atomic E-state index is -3.45. The number of benzene rings is 1. The van der Waals surface area contributed by atoms with Crippen molar-refractivity contribution in [3.63, 3.8) is 0 Å². The van der Waals surface area contributed by atoms with Crippen LogP contribution in [0.4, 0.5) is 0 Å². The Hall–Kier alpha value is -1.07. The molecule has 5 heteroatoms. The summed E-state index contributed by atoms with van der Waals surface area (Å²) in [4.78, 5) is 0.177. The number of sulfonamides is 1. The van der Waals surface area contributed by atoms with Crippen LogP contribution in [0.1, 0.15) is 0 Å². The summed E-state index contributed by atoms with van der Waals surface area (Å²) >= 11 is 0. The van der Waals surface area contributed by atoms with Crippen LogP contribution < -0.4 is 9.46 Å². The van der Waals surface area contributed by atoms with Gasteiger partial charge in [0.05, 0.1) is 12.0 Å². The average Bonchev–Trinajstić information content (AvgIpc) is 2.18. The van der Waals surface area contributed by atoms with E-state index in [2.05, 4.69) is 4.72 Å². The van der Waals surface area contributed by atoms with Crippen molar-refractivity contribution in [2.24, 2.45) is 0 Å². The molecule has 4 nitrogen and oxygen atoms in total. The maximum Gasteiger partial charge on any atom is 0.256 e. The van der Waals surface area contributed by atoms with Crippen LogP contribution in [0.5, 0.6) is 5.75 Å². The maximum absolute atomic E-state index is 11.2. The molecule has 0 amide bonds. The fourth-order valence-corrected chi connectivity index (χ4v) is 1.54. The van der Waals surface area contributed by atoms with Gasteiger partial charge in [0, 0.05) is 7.05 Å². The molecule has 0 saturated heterocycles. The first-order valence-corrected chi connectivity index (χ1v) is 5.04. The summed E-state index contributed by atoms with van der Waals surface area (Å²) in [5.41, 5.74) is 0. The van der Waals surface area contributed by atoms with E-state index in [9.17, 15) is 8.42 Å². The van der Waals surface area contributed by atoms with Gasteiger partial charge in [-0.05, 0) is 24.3 Å². The highest BCUT2D eigenvalue weighted by molar-refractivity contribution is 7.89. The van der Waals surface area contributed by atoms with Gasteiger partial charge in [0.15, 0.2) is 0 Å². The third-order valence-electron chi connectivity index (χ3n) is 1.60. The molecular formula is C8H10NO3S. The predicted octanol–water partition coefficient (Wildman–Crippen LogP) is 0.618. The monoisotopic (exact) mass is 200 g/mol. The van der Waals surface area contributed by atoms with Gasteiger partial charge in [0.25, 0.3) is 10.0 Å². The van der Waals surface area contributed by atoms with Crippen LogP contribution >= 0.6 is 0 Å². The van der Waals surface area contributed by atoms with Crippen LogP contribution in [-0.2, 0) is 10.0 Å². The normalized spacial score (nSPS) is 11.2. The number of hydrogen-bond acceptors (Lipinski definition) is 3. The van der Waals surface area contributed by atoms with Crippen molar-refractivity contribution in [1.82, 2.24) is 4.72 Å². The second-order valence-electron chi connectivity index (χ2n) is 2.33. The number of rotatable bonds is 3. The molecule has 0 heterocycles. The SMILES string of the molecule is C[N]S(=O)(=O)c1ccc(OC)cc1. The summed E-state index contributed by atoms with van der Waals surface area (Å²) in [6.45, 7) is 0. The topological polar surface area (TPSA) is 57.5 Å². The summed E-state index contributed by atoms with van der Waals surface area (Å²) in [6, 6.07) is 6.08. The highest BCUT2D eigenvalue weighted by Gasteiger charge is 2.11. The molecule has 1 aromatic rings. The Bertz CT molecular complexity index is 369. The summed E-state index contributed by atoms with van der Waals surface area (Å²) in [5.74, 6) is 0.620. The first-order valence-electron chi connectivity index (χ1n) is 3.60. The van der Waals surface area contributed by atoms with Crippen LogP contribution in [0.2, 0.25) is 0 Å². The van der Waals surface area contributed by atoms with E-state index in [-0.39, 0.29) is 4.90 Å². The standard InChI is InChI=1S/C8H10NO3S/c1-9-13(10,11)8-5-3-7(12-2)4-6-8/h3-6H,1-2H3. The number of nitrogens with zero attached hydrogens (tertiary/aromatic N) is 1. The highest BCUT2D eigenvalue weighted by atomic mass is 32.2. The summed E-state index contributed by atoms with van der Waals surface area (Å²) < 4.78 is 30.6. The van der Waals surface area contributed by atoms with E-state index in [1.807, 2.05) is 0 Å².